The zero-order valence-corrected chi connectivity index (χ0v) is 12.7. The number of benzene rings is 2. The van der Waals surface area contributed by atoms with Gasteiger partial charge in [0, 0.05) is 11.1 Å². The van der Waals surface area contributed by atoms with Gasteiger partial charge in [0.1, 0.15) is 0 Å². The molecule has 0 bridgehead atoms. The van der Waals surface area contributed by atoms with Crippen LogP contribution < -0.4 is 0 Å². The van der Waals surface area contributed by atoms with Crippen molar-refractivity contribution in [2.75, 3.05) is 0 Å². The Morgan fingerprint density at radius 3 is 1.72 bits per heavy atom. The average Bonchev–Trinajstić information content (AvgIpc) is 2.60. The van der Waals surface area contributed by atoms with E-state index in [1.165, 1.54) is 36.4 Å². The lowest BCUT2D eigenvalue weighted by Gasteiger charge is -2.10. The van der Waals surface area contributed by atoms with E-state index >= 15 is 0 Å². The molecule has 3 aromatic rings. The van der Waals surface area contributed by atoms with Gasteiger partial charge in [-0.1, -0.05) is 12.1 Å². The van der Waals surface area contributed by atoms with Crippen LogP contribution in [0, 0.1) is 34.6 Å². The minimum atomic E-state index is -1.10. The maximum atomic E-state index is 14.1. The van der Waals surface area contributed by atoms with Crippen LogP contribution >= 0.6 is 0 Å². The van der Waals surface area contributed by atoms with Crippen LogP contribution in [0.1, 0.15) is 5.56 Å². The molecule has 3 rings (SSSR count). The zero-order valence-electron chi connectivity index (χ0n) is 12.7. The lowest BCUT2D eigenvalue weighted by molar-refractivity contribution is 0.510. The molecule has 0 aliphatic rings. The maximum absolute atomic E-state index is 14.1. The highest BCUT2D eigenvalue weighted by molar-refractivity contribution is 5.68. The molecule has 0 saturated heterocycles. The first-order valence-corrected chi connectivity index (χ1v) is 7.28. The van der Waals surface area contributed by atoms with Gasteiger partial charge in [-0.3, -0.25) is 0 Å². The van der Waals surface area contributed by atoms with E-state index in [1.54, 1.807) is 0 Å². The van der Waals surface area contributed by atoms with Crippen LogP contribution in [0.3, 0.4) is 0 Å². The summed E-state index contributed by atoms with van der Waals surface area (Å²) in [6.07, 6.45) is -0.0452. The second-order valence-corrected chi connectivity index (χ2v) is 5.28. The van der Waals surface area contributed by atoms with Crippen molar-refractivity contribution in [2.24, 2.45) is 0 Å². The van der Waals surface area contributed by atoms with Crippen molar-refractivity contribution in [2.45, 2.75) is 6.42 Å². The average molecular weight is 342 g/mol. The van der Waals surface area contributed by atoms with Crippen LogP contribution in [-0.2, 0) is 6.42 Å². The number of nitriles is 1. The first kappa shape index (κ1) is 16.7. The summed E-state index contributed by atoms with van der Waals surface area (Å²) in [5.41, 5.74) is 0.234. The molecule has 25 heavy (non-hydrogen) atoms. The Hall–Kier alpha value is -3.20. The number of halogens is 4. The lowest BCUT2D eigenvalue weighted by atomic mass is 10.0. The fourth-order valence-corrected chi connectivity index (χ4v) is 2.46. The fourth-order valence-electron chi connectivity index (χ4n) is 2.46. The van der Waals surface area contributed by atoms with Gasteiger partial charge in [0.25, 0.3) is 0 Å². The predicted octanol–water partition coefficient (Wildman–Crippen LogP) is 5.04. The summed E-state index contributed by atoms with van der Waals surface area (Å²) in [6.45, 7) is 0. The minimum Gasteiger partial charge on any atom is -0.248 e. The number of hydrogen-bond acceptors (Lipinski definition) is 2. The van der Waals surface area contributed by atoms with Gasteiger partial charge in [0.2, 0.25) is 0 Å². The number of aromatic nitrogens is 1. The molecule has 6 heteroatoms. The fraction of sp³-hybridized carbons (Fsp3) is 0.0526. The van der Waals surface area contributed by atoms with E-state index in [4.69, 9.17) is 5.26 Å². The SMILES string of the molecule is N#CCc1cc(-c2cccc(F)c2F)nc(-c2cccc(F)c2F)c1. The number of nitrogens with zero attached hydrogens (tertiary/aromatic N) is 2. The maximum Gasteiger partial charge on any atom is 0.168 e. The second kappa shape index (κ2) is 6.73. The van der Waals surface area contributed by atoms with Crippen molar-refractivity contribution >= 4 is 0 Å². The van der Waals surface area contributed by atoms with E-state index < -0.39 is 23.3 Å². The molecular weight excluding hydrogens is 332 g/mol. The third-order valence-corrected chi connectivity index (χ3v) is 3.62. The van der Waals surface area contributed by atoms with Gasteiger partial charge in [-0.05, 0) is 42.0 Å². The smallest absolute Gasteiger partial charge is 0.168 e. The number of hydrogen-bond donors (Lipinski definition) is 0. The first-order chi connectivity index (χ1) is 12.0. The van der Waals surface area contributed by atoms with Crippen molar-refractivity contribution < 1.29 is 17.6 Å². The third kappa shape index (κ3) is 3.22. The summed E-state index contributed by atoms with van der Waals surface area (Å²) in [6, 6.07) is 12.0. The molecule has 0 radical (unpaired) electrons. The van der Waals surface area contributed by atoms with Crippen LogP contribution in [0.15, 0.2) is 48.5 Å². The van der Waals surface area contributed by atoms with E-state index in [9.17, 15) is 17.6 Å². The minimum absolute atomic E-state index is 0.0309. The largest absolute Gasteiger partial charge is 0.248 e. The topological polar surface area (TPSA) is 36.7 Å². The Balaban J connectivity index is 2.24. The molecule has 0 aliphatic heterocycles. The Morgan fingerprint density at radius 2 is 1.28 bits per heavy atom. The highest BCUT2D eigenvalue weighted by Gasteiger charge is 2.16. The highest BCUT2D eigenvalue weighted by atomic mass is 19.2. The van der Waals surface area contributed by atoms with Crippen molar-refractivity contribution in [1.29, 1.82) is 5.26 Å². The number of rotatable bonds is 3. The molecule has 1 aromatic heterocycles. The normalized spacial score (nSPS) is 10.5. The van der Waals surface area contributed by atoms with Crippen molar-refractivity contribution in [1.82, 2.24) is 4.98 Å². The molecule has 0 saturated carbocycles. The standard InChI is InChI=1S/C19H10F4N2/c20-14-5-1-3-12(18(14)22)16-9-11(7-8-24)10-17(25-16)13-4-2-6-15(21)19(13)23/h1-6,9-10H,7H2. The van der Waals surface area contributed by atoms with Gasteiger partial charge < -0.3 is 0 Å². The Labute approximate surface area is 141 Å². The summed E-state index contributed by atoms with van der Waals surface area (Å²) in [4.78, 5) is 4.14. The summed E-state index contributed by atoms with van der Waals surface area (Å²) < 4.78 is 55.1. The van der Waals surface area contributed by atoms with Crippen molar-refractivity contribution in [3.8, 4) is 28.6 Å². The predicted molar refractivity (Wildman–Crippen MR) is 84.3 cm³/mol. The lowest BCUT2D eigenvalue weighted by Crippen LogP contribution is -1.98. The summed E-state index contributed by atoms with van der Waals surface area (Å²) in [7, 11) is 0. The number of pyridine rings is 1. The Bertz CT molecular complexity index is 923. The molecule has 0 aliphatic carbocycles. The molecule has 1 heterocycles. The summed E-state index contributed by atoms with van der Waals surface area (Å²) in [5, 5.41) is 8.90. The molecule has 0 unspecified atom stereocenters. The molecule has 2 nitrogen and oxygen atoms in total. The van der Waals surface area contributed by atoms with Gasteiger partial charge in [-0.25, -0.2) is 22.5 Å². The van der Waals surface area contributed by atoms with E-state index in [0.717, 1.165) is 12.1 Å². The molecule has 2 aromatic carbocycles. The van der Waals surface area contributed by atoms with Gasteiger partial charge >= 0.3 is 0 Å². The molecular formula is C19H10F4N2. The molecule has 0 N–H and O–H groups in total. The van der Waals surface area contributed by atoms with E-state index in [1.807, 2.05) is 6.07 Å². The van der Waals surface area contributed by atoms with Crippen molar-refractivity contribution in [3.63, 3.8) is 0 Å². The van der Waals surface area contributed by atoms with Gasteiger partial charge in [-0.15, -0.1) is 0 Å². The van der Waals surface area contributed by atoms with E-state index in [2.05, 4.69) is 4.98 Å². The molecule has 0 atom stereocenters. The first-order valence-electron chi connectivity index (χ1n) is 7.28. The molecule has 0 spiro atoms. The quantitative estimate of drug-likeness (QED) is 0.626. The van der Waals surface area contributed by atoms with Gasteiger partial charge in [-0.2, -0.15) is 5.26 Å². The monoisotopic (exact) mass is 342 g/mol. The van der Waals surface area contributed by atoms with Crippen molar-refractivity contribution in [3.05, 3.63) is 77.4 Å². The molecule has 0 amide bonds. The van der Waals surface area contributed by atoms with Crippen LogP contribution in [0.4, 0.5) is 17.6 Å². The molecule has 124 valence electrons. The van der Waals surface area contributed by atoms with E-state index in [-0.39, 0.29) is 28.9 Å². The van der Waals surface area contributed by atoms with Gasteiger partial charge in [0.05, 0.1) is 23.9 Å². The van der Waals surface area contributed by atoms with E-state index in [0.29, 0.717) is 5.56 Å². The van der Waals surface area contributed by atoms with Crippen LogP contribution in [0.2, 0.25) is 0 Å². The summed E-state index contributed by atoms with van der Waals surface area (Å²) >= 11 is 0. The summed E-state index contributed by atoms with van der Waals surface area (Å²) in [5.74, 6) is -4.31. The van der Waals surface area contributed by atoms with Crippen LogP contribution in [-0.4, -0.2) is 4.98 Å². The van der Waals surface area contributed by atoms with Gasteiger partial charge in [0.15, 0.2) is 23.3 Å². The molecule has 0 fully saturated rings. The zero-order chi connectivity index (χ0) is 18.0. The van der Waals surface area contributed by atoms with Crippen LogP contribution in [0.5, 0.6) is 0 Å². The van der Waals surface area contributed by atoms with Crippen LogP contribution in [0.25, 0.3) is 22.5 Å². The Morgan fingerprint density at radius 1 is 0.800 bits per heavy atom. The third-order valence-electron chi connectivity index (χ3n) is 3.62. The second-order valence-electron chi connectivity index (χ2n) is 5.28. The Kier molecular flexibility index (Phi) is 4.48. The highest BCUT2D eigenvalue weighted by Crippen LogP contribution is 2.29.